The summed E-state index contributed by atoms with van der Waals surface area (Å²) >= 11 is 0. The van der Waals surface area contributed by atoms with Gasteiger partial charge in [0.15, 0.2) is 0 Å². The molecule has 0 radical (unpaired) electrons. The van der Waals surface area contributed by atoms with E-state index in [0.29, 0.717) is 5.69 Å². The Morgan fingerprint density at radius 2 is 2.29 bits per heavy atom. The van der Waals surface area contributed by atoms with Crippen LogP contribution in [0.3, 0.4) is 0 Å². The molecule has 17 heavy (non-hydrogen) atoms. The van der Waals surface area contributed by atoms with Crippen LogP contribution in [0.5, 0.6) is 0 Å². The molecular formula is C10H13F2N3O2. The van der Waals surface area contributed by atoms with E-state index < -0.39 is 18.9 Å². The lowest BCUT2D eigenvalue weighted by molar-refractivity contribution is 0.0524. The lowest BCUT2D eigenvalue weighted by Gasteiger charge is -2.07. The third-order valence-corrected chi connectivity index (χ3v) is 1.89. The minimum absolute atomic E-state index is 0.0656. The molecule has 0 spiro atoms. The number of nitrogens with one attached hydrogen (secondary N) is 1. The standard InChI is InChI=1S/C10H13F2N3O2/c1-3-17-9(16)7-4-13-10(15-6(7)2)14-5-8(11)12/h4,8H,3,5H2,1-2H3,(H,13,14,15). The van der Waals surface area contributed by atoms with Gasteiger partial charge in [-0.25, -0.2) is 23.5 Å². The summed E-state index contributed by atoms with van der Waals surface area (Å²) in [6, 6.07) is 0. The van der Waals surface area contributed by atoms with Gasteiger partial charge in [-0.2, -0.15) is 0 Å². The maximum Gasteiger partial charge on any atom is 0.341 e. The summed E-state index contributed by atoms with van der Waals surface area (Å²) in [5.41, 5.74) is 0.615. The van der Waals surface area contributed by atoms with Crippen LogP contribution in [0.15, 0.2) is 6.20 Å². The van der Waals surface area contributed by atoms with E-state index in [9.17, 15) is 13.6 Å². The van der Waals surface area contributed by atoms with Crippen LogP contribution in [-0.4, -0.2) is 35.5 Å². The number of aryl methyl sites for hydroxylation is 1. The second-order valence-electron chi connectivity index (χ2n) is 3.19. The van der Waals surface area contributed by atoms with Crippen LogP contribution in [0.1, 0.15) is 23.0 Å². The van der Waals surface area contributed by atoms with Crippen LogP contribution in [0.4, 0.5) is 14.7 Å². The summed E-state index contributed by atoms with van der Waals surface area (Å²) < 4.78 is 28.7. The number of ether oxygens (including phenoxy) is 1. The molecule has 0 bridgehead atoms. The maximum absolute atomic E-state index is 11.9. The SMILES string of the molecule is CCOC(=O)c1cnc(NCC(F)F)nc1C. The smallest absolute Gasteiger partial charge is 0.341 e. The summed E-state index contributed by atoms with van der Waals surface area (Å²) in [7, 11) is 0. The van der Waals surface area contributed by atoms with Crippen LogP contribution >= 0.6 is 0 Å². The number of halogens is 2. The van der Waals surface area contributed by atoms with Crippen molar-refractivity contribution in [3.05, 3.63) is 17.5 Å². The molecule has 1 aromatic heterocycles. The Morgan fingerprint density at radius 3 is 2.82 bits per heavy atom. The number of hydrogen-bond acceptors (Lipinski definition) is 5. The van der Waals surface area contributed by atoms with Crippen LogP contribution in [0, 0.1) is 6.92 Å². The molecular weight excluding hydrogens is 232 g/mol. The van der Waals surface area contributed by atoms with E-state index in [1.54, 1.807) is 13.8 Å². The zero-order valence-electron chi connectivity index (χ0n) is 9.54. The Balaban J connectivity index is 2.75. The van der Waals surface area contributed by atoms with Crippen LogP contribution in [0.25, 0.3) is 0 Å². The number of nitrogens with zero attached hydrogens (tertiary/aromatic N) is 2. The van der Waals surface area contributed by atoms with E-state index in [-0.39, 0.29) is 18.1 Å². The van der Waals surface area contributed by atoms with Gasteiger partial charge < -0.3 is 10.1 Å². The van der Waals surface area contributed by atoms with Crippen molar-refractivity contribution in [1.82, 2.24) is 9.97 Å². The molecule has 0 amide bonds. The van der Waals surface area contributed by atoms with Crippen LogP contribution in [0.2, 0.25) is 0 Å². The molecule has 0 saturated carbocycles. The minimum Gasteiger partial charge on any atom is -0.462 e. The maximum atomic E-state index is 11.9. The molecule has 1 N–H and O–H groups in total. The predicted octanol–water partition coefficient (Wildman–Crippen LogP) is 1.64. The Kier molecular flexibility index (Phi) is 4.74. The summed E-state index contributed by atoms with van der Waals surface area (Å²) in [5.74, 6) is -0.457. The average Bonchev–Trinajstić information content (AvgIpc) is 2.26. The first-order valence-corrected chi connectivity index (χ1v) is 5.07. The van der Waals surface area contributed by atoms with Crippen molar-refractivity contribution in [3.8, 4) is 0 Å². The Morgan fingerprint density at radius 1 is 1.59 bits per heavy atom. The number of hydrogen-bond donors (Lipinski definition) is 1. The highest BCUT2D eigenvalue weighted by atomic mass is 19.3. The molecule has 0 aliphatic heterocycles. The second-order valence-corrected chi connectivity index (χ2v) is 3.19. The first kappa shape index (κ1) is 13.3. The van der Waals surface area contributed by atoms with Gasteiger partial charge in [-0.15, -0.1) is 0 Å². The van der Waals surface area contributed by atoms with Crippen molar-refractivity contribution >= 4 is 11.9 Å². The van der Waals surface area contributed by atoms with Crippen molar-refractivity contribution in [2.45, 2.75) is 20.3 Å². The fourth-order valence-electron chi connectivity index (χ4n) is 1.13. The third kappa shape index (κ3) is 3.93. The molecule has 0 aliphatic rings. The van der Waals surface area contributed by atoms with Crippen LogP contribution in [-0.2, 0) is 4.74 Å². The number of carbonyl (C=O) groups is 1. The molecule has 0 saturated heterocycles. The van der Waals surface area contributed by atoms with E-state index >= 15 is 0 Å². The number of alkyl halides is 2. The number of aromatic nitrogens is 2. The van der Waals surface area contributed by atoms with E-state index in [1.165, 1.54) is 6.20 Å². The topological polar surface area (TPSA) is 64.1 Å². The highest BCUT2D eigenvalue weighted by Crippen LogP contribution is 2.09. The highest BCUT2D eigenvalue weighted by molar-refractivity contribution is 5.90. The molecule has 1 aromatic rings. The van der Waals surface area contributed by atoms with Gasteiger partial charge in [0.1, 0.15) is 0 Å². The molecule has 0 fully saturated rings. The summed E-state index contributed by atoms with van der Waals surface area (Å²) in [5, 5.41) is 2.36. The molecule has 0 aliphatic carbocycles. The first-order valence-electron chi connectivity index (χ1n) is 5.07. The van der Waals surface area contributed by atoms with Crippen molar-refractivity contribution in [1.29, 1.82) is 0 Å². The van der Waals surface area contributed by atoms with E-state index in [2.05, 4.69) is 15.3 Å². The molecule has 94 valence electrons. The molecule has 1 rings (SSSR count). The van der Waals surface area contributed by atoms with Gasteiger partial charge >= 0.3 is 5.97 Å². The number of esters is 1. The Labute approximate surface area is 97.2 Å². The quantitative estimate of drug-likeness (QED) is 0.799. The zero-order valence-corrected chi connectivity index (χ0v) is 9.54. The fourth-order valence-corrected chi connectivity index (χ4v) is 1.13. The number of rotatable bonds is 5. The second kappa shape index (κ2) is 6.07. The summed E-state index contributed by atoms with van der Waals surface area (Å²) in [6.45, 7) is 3.00. The molecule has 0 aromatic carbocycles. The monoisotopic (exact) mass is 245 g/mol. The molecule has 7 heteroatoms. The Bertz CT molecular complexity index is 399. The lowest BCUT2D eigenvalue weighted by atomic mass is 10.2. The normalized spacial score (nSPS) is 10.4. The van der Waals surface area contributed by atoms with Crippen molar-refractivity contribution in [3.63, 3.8) is 0 Å². The molecule has 0 atom stereocenters. The predicted molar refractivity (Wildman–Crippen MR) is 57.2 cm³/mol. The fraction of sp³-hybridized carbons (Fsp3) is 0.500. The van der Waals surface area contributed by atoms with Crippen molar-refractivity contribution < 1.29 is 18.3 Å². The number of anilines is 1. The largest absolute Gasteiger partial charge is 0.462 e. The van der Waals surface area contributed by atoms with Crippen LogP contribution < -0.4 is 5.32 Å². The summed E-state index contributed by atoms with van der Waals surface area (Å²) in [4.78, 5) is 19.1. The van der Waals surface area contributed by atoms with Crippen molar-refractivity contribution in [2.24, 2.45) is 0 Å². The minimum atomic E-state index is -2.48. The Hall–Kier alpha value is -1.79. The van der Waals surface area contributed by atoms with E-state index in [1.807, 2.05) is 0 Å². The molecule has 1 heterocycles. The molecule has 0 unspecified atom stereocenters. The van der Waals surface area contributed by atoms with Gasteiger partial charge in [0.25, 0.3) is 6.43 Å². The van der Waals surface area contributed by atoms with Gasteiger partial charge in [0.05, 0.1) is 24.4 Å². The van der Waals surface area contributed by atoms with Crippen molar-refractivity contribution in [2.75, 3.05) is 18.5 Å². The van der Waals surface area contributed by atoms with Gasteiger partial charge in [-0.3, -0.25) is 0 Å². The lowest BCUT2D eigenvalue weighted by Crippen LogP contribution is -2.15. The third-order valence-electron chi connectivity index (χ3n) is 1.89. The summed E-state index contributed by atoms with van der Waals surface area (Å²) in [6.07, 6.45) is -1.22. The van der Waals surface area contributed by atoms with E-state index in [4.69, 9.17) is 4.74 Å². The molecule has 5 nitrogen and oxygen atoms in total. The highest BCUT2D eigenvalue weighted by Gasteiger charge is 2.13. The van der Waals surface area contributed by atoms with Gasteiger partial charge in [-0.1, -0.05) is 0 Å². The average molecular weight is 245 g/mol. The first-order chi connectivity index (χ1) is 8.04. The van der Waals surface area contributed by atoms with Gasteiger partial charge in [-0.05, 0) is 13.8 Å². The zero-order chi connectivity index (χ0) is 12.8. The van der Waals surface area contributed by atoms with Gasteiger partial charge in [0.2, 0.25) is 5.95 Å². The number of carbonyl (C=O) groups excluding carboxylic acids is 1. The van der Waals surface area contributed by atoms with Gasteiger partial charge in [0, 0.05) is 6.20 Å². The van der Waals surface area contributed by atoms with E-state index in [0.717, 1.165) is 0 Å².